The van der Waals surface area contributed by atoms with E-state index in [0.29, 0.717) is 5.56 Å². The molecule has 0 aliphatic heterocycles. The summed E-state index contributed by atoms with van der Waals surface area (Å²) in [7, 11) is 1.57. The average molecular weight is 204 g/mol. The molecule has 0 saturated heterocycles. The van der Waals surface area contributed by atoms with Crippen molar-refractivity contribution in [1.29, 1.82) is 0 Å². The maximum atomic E-state index is 11.2. The van der Waals surface area contributed by atoms with Gasteiger partial charge in [0.2, 0.25) is 5.91 Å². The fourth-order valence-electron chi connectivity index (χ4n) is 1.07. The predicted octanol–water partition coefficient (Wildman–Crippen LogP) is 0.545. The summed E-state index contributed by atoms with van der Waals surface area (Å²) in [5, 5.41) is 2.52. The summed E-state index contributed by atoms with van der Waals surface area (Å²) in [5.74, 6) is -0.634. The standard InChI is InChI=1S/C11H12N2O2/c1-13-11(15)9-5-2-8(3-6-9)4-7-10(12)14/h2-7H,1H3,(H2,12,14)(H,13,15). The Morgan fingerprint density at radius 2 is 1.87 bits per heavy atom. The van der Waals surface area contributed by atoms with Crippen LogP contribution in [0.5, 0.6) is 0 Å². The third-order valence-electron chi connectivity index (χ3n) is 1.84. The van der Waals surface area contributed by atoms with Crippen molar-refractivity contribution in [2.45, 2.75) is 0 Å². The zero-order valence-electron chi connectivity index (χ0n) is 8.36. The molecule has 0 aromatic heterocycles. The van der Waals surface area contributed by atoms with Gasteiger partial charge in [0.15, 0.2) is 0 Å². The highest BCUT2D eigenvalue weighted by molar-refractivity contribution is 5.94. The lowest BCUT2D eigenvalue weighted by Gasteiger charge is -1.99. The number of carbonyl (C=O) groups is 2. The molecular weight excluding hydrogens is 192 g/mol. The summed E-state index contributed by atoms with van der Waals surface area (Å²) in [4.78, 5) is 21.7. The van der Waals surface area contributed by atoms with Crippen molar-refractivity contribution >= 4 is 17.9 Å². The van der Waals surface area contributed by atoms with E-state index in [9.17, 15) is 9.59 Å². The molecule has 15 heavy (non-hydrogen) atoms. The Morgan fingerprint density at radius 3 is 2.33 bits per heavy atom. The Balaban J connectivity index is 2.81. The Bertz CT molecular complexity index is 394. The van der Waals surface area contributed by atoms with Crippen LogP contribution in [0.4, 0.5) is 0 Å². The quantitative estimate of drug-likeness (QED) is 0.705. The zero-order valence-corrected chi connectivity index (χ0v) is 8.36. The molecule has 2 amide bonds. The summed E-state index contributed by atoms with van der Waals surface area (Å²) in [6.07, 6.45) is 2.87. The van der Waals surface area contributed by atoms with Gasteiger partial charge in [0, 0.05) is 18.7 Å². The first-order valence-corrected chi connectivity index (χ1v) is 4.43. The molecule has 1 aromatic rings. The van der Waals surface area contributed by atoms with Crippen LogP contribution in [0.3, 0.4) is 0 Å². The van der Waals surface area contributed by atoms with E-state index in [2.05, 4.69) is 5.32 Å². The molecule has 0 aliphatic rings. The van der Waals surface area contributed by atoms with Crippen LogP contribution < -0.4 is 11.1 Å². The van der Waals surface area contributed by atoms with Gasteiger partial charge in [-0.2, -0.15) is 0 Å². The van der Waals surface area contributed by atoms with Gasteiger partial charge in [0.1, 0.15) is 0 Å². The molecule has 0 bridgehead atoms. The molecule has 0 saturated carbocycles. The molecule has 4 heteroatoms. The van der Waals surface area contributed by atoms with Crippen molar-refractivity contribution < 1.29 is 9.59 Å². The lowest BCUT2D eigenvalue weighted by Crippen LogP contribution is -2.17. The molecule has 3 N–H and O–H groups in total. The fourth-order valence-corrected chi connectivity index (χ4v) is 1.07. The fraction of sp³-hybridized carbons (Fsp3) is 0.0909. The zero-order chi connectivity index (χ0) is 11.3. The minimum Gasteiger partial charge on any atom is -0.366 e. The van der Waals surface area contributed by atoms with Gasteiger partial charge in [-0.05, 0) is 23.8 Å². The number of hydrogen-bond donors (Lipinski definition) is 2. The average Bonchev–Trinajstić information content (AvgIpc) is 2.26. The molecule has 78 valence electrons. The van der Waals surface area contributed by atoms with Crippen molar-refractivity contribution in [1.82, 2.24) is 5.32 Å². The Kier molecular flexibility index (Phi) is 3.62. The first-order chi connectivity index (χ1) is 7.13. The number of nitrogens with two attached hydrogens (primary N) is 1. The van der Waals surface area contributed by atoms with Gasteiger partial charge in [-0.1, -0.05) is 12.1 Å². The van der Waals surface area contributed by atoms with E-state index in [4.69, 9.17) is 5.73 Å². The monoisotopic (exact) mass is 204 g/mol. The van der Waals surface area contributed by atoms with Crippen LogP contribution in [0.1, 0.15) is 15.9 Å². The molecule has 1 aromatic carbocycles. The number of primary amides is 1. The highest BCUT2D eigenvalue weighted by Crippen LogP contribution is 2.05. The molecule has 0 aliphatic carbocycles. The van der Waals surface area contributed by atoms with Crippen LogP contribution >= 0.6 is 0 Å². The van der Waals surface area contributed by atoms with Gasteiger partial charge < -0.3 is 11.1 Å². The van der Waals surface area contributed by atoms with E-state index in [0.717, 1.165) is 5.56 Å². The second-order valence-corrected chi connectivity index (χ2v) is 2.94. The molecule has 0 spiro atoms. The first kappa shape index (κ1) is 11.0. The van der Waals surface area contributed by atoms with Crippen LogP contribution in [0.2, 0.25) is 0 Å². The summed E-state index contributed by atoms with van der Waals surface area (Å²) in [6.45, 7) is 0. The van der Waals surface area contributed by atoms with Crippen LogP contribution in [-0.2, 0) is 4.79 Å². The molecular formula is C11H12N2O2. The minimum atomic E-state index is -0.495. The van der Waals surface area contributed by atoms with E-state index in [-0.39, 0.29) is 5.91 Å². The first-order valence-electron chi connectivity index (χ1n) is 4.43. The molecule has 0 heterocycles. The third-order valence-corrected chi connectivity index (χ3v) is 1.84. The molecule has 0 fully saturated rings. The van der Waals surface area contributed by atoms with Crippen molar-refractivity contribution in [3.8, 4) is 0 Å². The van der Waals surface area contributed by atoms with Crippen molar-refractivity contribution in [2.24, 2.45) is 5.73 Å². The molecule has 0 atom stereocenters. The van der Waals surface area contributed by atoms with Crippen LogP contribution in [0.25, 0.3) is 6.08 Å². The van der Waals surface area contributed by atoms with Crippen molar-refractivity contribution in [3.05, 3.63) is 41.5 Å². The number of carbonyl (C=O) groups excluding carboxylic acids is 2. The summed E-state index contributed by atoms with van der Waals surface area (Å²) in [5.41, 5.74) is 6.35. The lowest BCUT2D eigenvalue weighted by atomic mass is 10.1. The number of hydrogen-bond acceptors (Lipinski definition) is 2. The van der Waals surface area contributed by atoms with E-state index in [1.807, 2.05) is 0 Å². The van der Waals surface area contributed by atoms with Gasteiger partial charge >= 0.3 is 0 Å². The van der Waals surface area contributed by atoms with Crippen molar-refractivity contribution in [2.75, 3.05) is 7.05 Å². The number of benzene rings is 1. The summed E-state index contributed by atoms with van der Waals surface area (Å²) >= 11 is 0. The van der Waals surface area contributed by atoms with E-state index >= 15 is 0 Å². The Labute approximate surface area is 87.8 Å². The van der Waals surface area contributed by atoms with Gasteiger partial charge in [-0.25, -0.2) is 0 Å². The SMILES string of the molecule is CNC(=O)c1ccc(C=CC(N)=O)cc1. The topological polar surface area (TPSA) is 72.2 Å². The third kappa shape index (κ3) is 3.27. The second kappa shape index (κ2) is 4.95. The number of nitrogens with one attached hydrogen (secondary N) is 1. The van der Waals surface area contributed by atoms with Gasteiger partial charge in [0.05, 0.1) is 0 Å². The van der Waals surface area contributed by atoms with Crippen LogP contribution in [0.15, 0.2) is 30.3 Å². The van der Waals surface area contributed by atoms with Crippen molar-refractivity contribution in [3.63, 3.8) is 0 Å². The Morgan fingerprint density at radius 1 is 1.27 bits per heavy atom. The Hall–Kier alpha value is -2.10. The largest absolute Gasteiger partial charge is 0.366 e. The van der Waals surface area contributed by atoms with Gasteiger partial charge in [-0.15, -0.1) is 0 Å². The molecule has 0 unspecified atom stereocenters. The summed E-state index contributed by atoms with van der Waals surface area (Å²) in [6, 6.07) is 6.84. The lowest BCUT2D eigenvalue weighted by molar-refractivity contribution is -0.113. The normalized spacial score (nSPS) is 10.2. The predicted molar refractivity (Wildman–Crippen MR) is 58.1 cm³/mol. The highest BCUT2D eigenvalue weighted by Gasteiger charge is 2.00. The number of rotatable bonds is 3. The maximum Gasteiger partial charge on any atom is 0.251 e. The van der Waals surface area contributed by atoms with Crippen LogP contribution in [-0.4, -0.2) is 18.9 Å². The maximum absolute atomic E-state index is 11.2. The van der Waals surface area contributed by atoms with Gasteiger partial charge in [-0.3, -0.25) is 9.59 Å². The van der Waals surface area contributed by atoms with E-state index in [1.54, 1.807) is 37.4 Å². The van der Waals surface area contributed by atoms with Crippen LogP contribution in [0, 0.1) is 0 Å². The molecule has 1 rings (SSSR count). The smallest absolute Gasteiger partial charge is 0.251 e. The summed E-state index contributed by atoms with van der Waals surface area (Å²) < 4.78 is 0. The number of amides is 2. The molecule has 0 radical (unpaired) electrons. The highest BCUT2D eigenvalue weighted by atomic mass is 16.1. The van der Waals surface area contributed by atoms with E-state index < -0.39 is 5.91 Å². The minimum absolute atomic E-state index is 0.138. The molecule has 4 nitrogen and oxygen atoms in total. The second-order valence-electron chi connectivity index (χ2n) is 2.94. The van der Waals surface area contributed by atoms with Gasteiger partial charge in [0.25, 0.3) is 5.91 Å². The van der Waals surface area contributed by atoms with E-state index in [1.165, 1.54) is 6.08 Å².